The van der Waals surface area contributed by atoms with Crippen molar-refractivity contribution in [2.75, 3.05) is 32.7 Å². The summed E-state index contributed by atoms with van der Waals surface area (Å²) in [5, 5.41) is 3.03. The van der Waals surface area contributed by atoms with Crippen molar-refractivity contribution in [3.05, 3.63) is 48.5 Å². The van der Waals surface area contributed by atoms with E-state index < -0.39 is 0 Å². The SMILES string of the molecule is COc1ccc(NC(N)=NCCCOc2cccc(OC)c2)cc1. The third-order valence-corrected chi connectivity index (χ3v) is 3.26. The summed E-state index contributed by atoms with van der Waals surface area (Å²) in [6.45, 7) is 1.14. The summed E-state index contributed by atoms with van der Waals surface area (Å²) >= 11 is 0. The van der Waals surface area contributed by atoms with Crippen LogP contribution in [0.4, 0.5) is 5.69 Å². The quantitative estimate of drug-likeness (QED) is 0.442. The molecule has 0 aliphatic heterocycles. The predicted octanol–water partition coefficient (Wildman–Crippen LogP) is 2.90. The van der Waals surface area contributed by atoms with E-state index in [1.165, 1.54) is 0 Å². The topological polar surface area (TPSA) is 78.1 Å². The molecule has 0 unspecified atom stereocenters. The van der Waals surface area contributed by atoms with Crippen molar-refractivity contribution >= 4 is 11.6 Å². The van der Waals surface area contributed by atoms with Crippen molar-refractivity contribution in [1.29, 1.82) is 0 Å². The molecule has 3 N–H and O–H groups in total. The van der Waals surface area contributed by atoms with Gasteiger partial charge in [0, 0.05) is 24.7 Å². The Morgan fingerprint density at radius 3 is 2.42 bits per heavy atom. The fourth-order valence-electron chi connectivity index (χ4n) is 2.01. The number of methoxy groups -OCH3 is 2. The van der Waals surface area contributed by atoms with Crippen molar-refractivity contribution in [2.45, 2.75) is 6.42 Å². The Morgan fingerprint density at radius 2 is 1.71 bits per heavy atom. The minimum absolute atomic E-state index is 0.376. The summed E-state index contributed by atoms with van der Waals surface area (Å²) in [7, 11) is 3.26. The van der Waals surface area contributed by atoms with Crippen molar-refractivity contribution in [3.63, 3.8) is 0 Å². The van der Waals surface area contributed by atoms with Gasteiger partial charge >= 0.3 is 0 Å². The van der Waals surface area contributed by atoms with Gasteiger partial charge in [-0.2, -0.15) is 0 Å². The number of guanidine groups is 1. The fraction of sp³-hybridized carbons (Fsp3) is 0.278. The maximum atomic E-state index is 5.86. The van der Waals surface area contributed by atoms with E-state index in [1.807, 2.05) is 48.5 Å². The molecule has 2 aromatic carbocycles. The standard InChI is InChI=1S/C18H23N3O3/c1-22-15-9-7-14(8-10-15)21-18(19)20-11-4-12-24-17-6-3-5-16(13-17)23-2/h3,5-10,13H,4,11-12H2,1-2H3,(H3,19,20,21). The maximum Gasteiger partial charge on any atom is 0.193 e. The summed E-state index contributed by atoms with van der Waals surface area (Å²) in [4.78, 5) is 4.27. The van der Waals surface area contributed by atoms with E-state index in [9.17, 15) is 0 Å². The number of benzene rings is 2. The molecule has 128 valence electrons. The van der Waals surface area contributed by atoms with E-state index in [2.05, 4.69) is 10.3 Å². The molecule has 2 rings (SSSR count). The Bertz CT molecular complexity index is 657. The molecule has 0 atom stereocenters. The minimum Gasteiger partial charge on any atom is -0.497 e. The molecule has 0 bridgehead atoms. The zero-order valence-corrected chi connectivity index (χ0v) is 14.0. The van der Waals surface area contributed by atoms with Crippen LogP contribution in [-0.4, -0.2) is 33.3 Å². The predicted molar refractivity (Wildman–Crippen MR) is 96.2 cm³/mol. The van der Waals surface area contributed by atoms with E-state index in [0.29, 0.717) is 19.1 Å². The van der Waals surface area contributed by atoms with Gasteiger partial charge in [0.2, 0.25) is 0 Å². The van der Waals surface area contributed by atoms with Crippen LogP contribution in [0.1, 0.15) is 6.42 Å². The average molecular weight is 329 g/mol. The van der Waals surface area contributed by atoms with Gasteiger partial charge in [-0.1, -0.05) is 6.07 Å². The van der Waals surface area contributed by atoms with E-state index >= 15 is 0 Å². The number of anilines is 1. The number of nitrogens with zero attached hydrogens (tertiary/aromatic N) is 1. The summed E-state index contributed by atoms with van der Waals surface area (Å²) in [5.74, 6) is 2.73. The number of hydrogen-bond acceptors (Lipinski definition) is 4. The van der Waals surface area contributed by atoms with Crippen LogP contribution in [0.25, 0.3) is 0 Å². The molecule has 0 spiro atoms. The lowest BCUT2D eigenvalue weighted by Gasteiger charge is -2.08. The van der Waals surface area contributed by atoms with Crippen LogP contribution in [0.3, 0.4) is 0 Å². The first-order valence-corrected chi connectivity index (χ1v) is 7.69. The first-order chi connectivity index (χ1) is 11.7. The molecule has 2 aromatic rings. The highest BCUT2D eigenvalue weighted by atomic mass is 16.5. The largest absolute Gasteiger partial charge is 0.497 e. The van der Waals surface area contributed by atoms with Crippen LogP contribution in [0.2, 0.25) is 0 Å². The van der Waals surface area contributed by atoms with Crippen LogP contribution in [0.15, 0.2) is 53.5 Å². The third kappa shape index (κ3) is 5.72. The molecule has 0 saturated heterocycles. The van der Waals surface area contributed by atoms with Gasteiger partial charge in [0.25, 0.3) is 0 Å². The highest BCUT2D eigenvalue weighted by Gasteiger charge is 1.98. The van der Waals surface area contributed by atoms with Crippen LogP contribution >= 0.6 is 0 Å². The van der Waals surface area contributed by atoms with Crippen molar-refractivity contribution < 1.29 is 14.2 Å². The van der Waals surface area contributed by atoms with Gasteiger partial charge in [-0.05, 0) is 36.4 Å². The van der Waals surface area contributed by atoms with Gasteiger partial charge < -0.3 is 25.3 Å². The van der Waals surface area contributed by atoms with Gasteiger partial charge in [0.05, 0.1) is 20.8 Å². The summed E-state index contributed by atoms with van der Waals surface area (Å²) in [6, 6.07) is 15.0. The number of aliphatic imine (C=N–C) groups is 1. The summed E-state index contributed by atoms with van der Waals surface area (Å²) in [5.41, 5.74) is 6.72. The average Bonchev–Trinajstić information content (AvgIpc) is 2.62. The smallest absolute Gasteiger partial charge is 0.193 e. The molecule has 0 saturated carbocycles. The Kier molecular flexibility index (Phi) is 6.76. The lowest BCUT2D eigenvalue weighted by Crippen LogP contribution is -2.23. The fourth-order valence-corrected chi connectivity index (χ4v) is 2.01. The Morgan fingerprint density at radius 1 is 1.00 bits per heavy atom. The van der Waals surface area contributed by atoms with Gasteiger partial charge in [0.1, 0.15) is 17.2 Å². The van der Waals surface area contributed by atoms with Crippen LogP contribution in [-0.2, 0) is 0 Å². The van der Waals surface area contributed by atoms with Crippen molar-refractivity contribution in [1.82, 2.24) is 0 Å². The number of ether oxygens (including phenoxy) is 3. The van der Waals surface area contributed by atoms with Gasteiger partial charge in [-0.3, -0.25) is 4.99 Å². The molecule has 0 radical (unpaired) electrons. The second-order valence-corrected chi connectivity index (χ2v) is 5.00. The molecular weight excluding hydrogens is 306 g/mol. The second kappa shape index (κ2) is 9.29. The Hall–Kier alpha value is -2.89. The molecule has 24 heavy (non-hydrogen) atoms. The zero-order valence-electron chi connectivity index (χ0n) is 14.0. The molecule has 0 aliphatic carbocycles. The lowest BCUT2D eigenvalue weighted by atomic mass is 10.3. The first-order valence-electron chi connectivity index (χ1n) is 7.69. The molecular formula is C18H23N3O3. The van der Waals surface area contributed by atoms with Crippen LogP contribution < -0.4 is 25.3 Å². The van der Waals surface area contributed by atoms with E-state index in [0.717, 1.165) is 29.4 Å². The van der Waals surface area contributed by atoms with Gasteiger partial charge in [-0.15, -0.1) is 0 Å². The third-order valence-electron chi connectivity index (χ3n) is 3.26. The van der Waals surface area contributed by atoms with Crippen molar-refractivity contribution in [2.24, 2.45) is 10.7 Å². The van der Waals surface area contributed by atoms with Gasteiger partial charge in [0.15, 0.2) is 5.96 Å². The van der Waals surface area contributed by atoms with Crippen molar-refractivity contribution in [3.8, 4) is 17.2 Å². The van der Waals surface area contributed by atoms with E-state index in [-0.39, 0.29) is 0 Å². The molecule has 0 fully saturated rings. The normalized spacial score (nSPS) is 11.0. The van der Waals surface area contributed by atoms with Crippen LogP contribution in [0.5, 0.6) is 17.2 Å². The second-order valence-electron chi connectivity index (χ2n) is 5.00. The lowest BCUT2D eigenvalue weighted by molar-refractivity contribution is 0.311. The Balaban J connectivity index is 1.70. The highest BCUT2D eigenvalue weighted by molar-refractivity contribution is 5.92. The molecule has 0 amide bonds. The summed E-state index contributed by atoms with van der Waals surface area (Å²) in [6.07, 6.45) is 0.766. The Labute approximate surface area is 142 Å². The molecule has 6 heteroatoms. The maximum absolute atomic E-state index is 5.86. The number of hydrogen-bond donors (Lipinski definition) is 2. The van der Waals surface area contributed by atoms with E-state index in [1.54, 1.807) is 14.2 Å². The molecule has 0 aromatic heterocycles. The molecule has 0 heterocycles. The molecule has 6 nitrogen and oxygen atoms in total. The number of nitrogens with two attached hydrogens (primary N) is 1. The minimum atomic E-state index is 0.376. The monoisotopic (exact) mass is 329 g/mol. The van der Waals surface area contributed by atoms with E-state index in [4.69, 9.17) is 19.9 Å². The molecule has 0 aliphatic rings. The van der Waals surface area contributed by atoms with Gasteiger partial charge in [-0.25, -0.2) is 0 Å². The first kappa shape index (κ1) is 17.5. The zero-order chi connectivity index (χ0) is 17.2. The highest BCUT2D eigenvalue weighted by Crippen LogP contribution is 2.18. The summed E-state index contributed by atoms with van der Waals surface area (Å²) < 4.78 is 15.9. The number of rotatable bonds is 8. The van der Waals surface area contributed by atoms with Crippen LogP contribution in [0, 0.1) is 0 Å². The number of nitrogens with one attached hydrogen (secondary N) is 1.